The summed E-state index contributed by atoms with van der Waals surface area (Å²) in [5.41, 5.74) is 2.87. The molecule has 1 aliphatic rings. The molecule has 0 spiro atoms. The number of nitrogens with one attached hydrogen (secondary N) is 1. The van der Waals surface area contributed by atoms with Gasteiger partial charge in [-0.25, -0.2) is 0 Å². The van der Waals surface area contributed by atoms with E-state index in [0.717, 1.165) is 18.2 Å². The summed E-state index contributed by atoms with van der Waals surface area (Å²) in [6.45, 7) is 3.40. The lowest BCUT2D eigenvalue weighted by Crippen LogP contribution is -2.35. The molecule has 1 aliphatic carbocycles. The van der Waals surface area contributed by atoms with E-state index in [-0.39, 0.29) is 0 Å². The van der Waals surface area contributed by atoms with Crippen LogP contribution in [0.1, 0.15) is 49.7 Å². The van der Waals surface area contributed by atoms with Crippen molar-refractivity contribution in [2.45, 2.75) is 51.0 Å². The fraction of sp³-hybridized carbons (Fsp3) is 0.478. The van der Waals surface area contributed by atoms with E-state index >= 15 is 0 Å². The zero-order valence-electron chi connectivity index (χ0n) is 15.6. The minimum absolute atomic E-state index is 0.582. The summed E-state index contributed by atoms with van der Waals surface area (Å²) in [5.74, 6) is 2.36. The molecule has 0 unspecified atom stereocenters. The van der Waals surface area contributed by atoms with Crippen LogP contribution in [0.2, 0.25) is 0 Å². The molecule has 0 aliphatic heterocycles. The first-order valence-corrected chi connectivity index (χ1v) is 9.66. The average Bonchev–Trinajstić information content (AvgIpc) is 2.68. The maximum absolute atomic E-state index is 5.24. The third kappa shape index (κ3) is 5.34. The number of ether oxygens (including phenoxy) is 1. The molecule has 2 heteroatoms. The Balaban J connectivity index is 1.39. The predicted molar refractivity (Wildman–Crippen MR) is 105 cm³/mol. The van der Waals surface area contributed by atoms with Crippen LogP contribution >= 0.6 is 0 Å². The molecule has 0 bridgehead atoms. The van der Waals surface area contributed by atoms with Gasteiger partial charge in [-0.15, -0.1) is 0 Å². The van der Waals surface area contributed by atoms with Crippen LogP contribution < -0.4 is 10.1 Å². The summed E-state index contributed by atoms with van der Waals surface area (Å²) in [5, 5.41) is 3.80. The third-order valence-corrected chi connectivity index (χ3v) is 5.61. The summed E-state index contributed by atoms with van der Waals surface area (Å²) in [4.78, 5) is 0. The smallest absolute Gasteiger partial charge is 0.118 e. The van der Waals surface area contributed by atoms with Crippen LogP contribution in [0.3, 0.4) is 0 Å². The van der Waals surface area contributed by atoms with Crippen molar-refractivity contribution in [2.24, 2.45) is 5.92 Å². The number of hydrogen-bond donors (Lipinski definition) is 1. The van der Waals surface area contributed by atoms with E-state index in [9.17, 15) is 0 Å². The van der Waals surface area contributed by atoms with E-state index < -0.39 is 0 Å². The normalized spacial score (nSPS) is 21.7. The van der Waals surface area contributed by atoms with Crippen molar-refractivity contribution in [1.29, 1.82) is 0 Å². The minimum Gasteiger partial charge on any atom is -0.497 e. The van der Waals surface area contributed by atoms with Gasteiger partial charge < -0.3 is 10.1 Å². The number of hydrogen-bond acceptors (Lipinski definition) is 2. The average molecular weight is 338 g/mol. The SMILES string of the molecule is COc1ccc(CC2CCC(NC[C@H](C)c3ccccc3)CC2)cc1. The van der Waals surface area contributed by atoms with E-state index in [1.54, 1.807) is 7.11 Å². The van der Waals surface area contributed by atoms with Gasteiger partial charge in [0.05, 0.1) is 7.11 Å². The lowest BCUT2D eigenvalue weighted by molar-refractivity contribution is 0.288. The molecule has 2 aromatic rings. The van der Waals surface area contributed by atoms with Gasteiger partial charge in [0.25, 0.3) is 0 Å². The van der Waals surface area contributed by atoms with Crippen LogP contribution in [-0.4, -0.2) is 19.7 Å². The van der Waals surface area contributed by atoms with Gasteiger partial charge in [-0.1, -0.05) is 49.4 Å². The standard InChI is InChI=1S/C23H31NO/c1-18(21-6-4-3-5-7-21)17-24-22-12-8-19(9-13-22)16-20-10-14-23(25-2)15-11-20/h3-7,10-11,14-15,18-19,22,24H,8-9,12-13,16-17H2,1-2H3/t18-,19?,22?/m0/s1. The van der Waals surface area contributed by atoms with Crippen molar-refractivity contribution in [1.82, 2.24) is 5.32 Å². The fourth-order valence-corrected chi connectivity index (χ4v) is 3.91. The highest BCUT2D eigenvalue weighted by atomic mass is 16.5. The lowest BCUT2D eigenvalue weighted by Gasteiger charge is -2.30. The summed E-state index contributed by atoms with van der Waals surface area (Å²) in [6, 6.07) is 20.1. The Morgan fingerprint density at radius 2 is 1.64 bits per heavy atom. The molecule has 25 heavy (non-hydrogen) atoms. The Hall–Kier alpha value is -1.80. The third-order valence-electron chi connectivity index (χ3n) is 5.61. The molecule has 2 aromatic carbocycles. The Kier molecular flexibility index (Phi) is 6.52. The van der Waals surface area contributed by atoms with Crippen LogP contribution in [0.15, 0.2) is 54.6 Å². The van der Waals surface area contributed by atoms with E-state index in [2.05, 4.69) is 66.8 Å². The molecule has 134 valence electrons. The zero-order valence-corrected chi connectivity index (χ0v) is 15.6. The monoisotopic (exact) mass is 337 g/mol. The fourth-order valence-electron chi connectivity index (χ4n) is 3.91. The zero-order chi connectivity index (χ0) is 17.5. The van der Waals surface area contributed by atoms with Gasteiger partial charge in [0.1, 0.15) is 5.75 Å². The second-order valence-corrected chi connectivity index (χ2v) is 7.49. The Bertz CT molecular complexity index is 614. The first-order valence-electron chi connectivity index (χ1n) is 9.66. The molecule has 0 saturated heterocycles. The van der Waals surface area contributed by atoms with Crippen molar-refractivity contribution >= 4 is 0 Å². The highest BCUT2D eigenvalue weighted by molar-refractivity contribution is 5.27. The Morgan fingerprint density at radius 1 is 0.960 bits per heavy atom. The summed E-state index contributed by atoms with van der Waals surface area (Å²) >= 11 is 0. The van der Waals surface area contributed by atoms with Gasteiger partial charge in [-0.3, -0.25) is 0 Å². The van der Waals surface area contributed by atoms with E-state index in [1.807, 2.05) is 0 Å². The summed E-state index contributed by atoms with van der Waals surface area (Å²) in [7, 11) is 1.72. The molecular formula is C23H31NO. The molecule has 2 nitrogen and oxygen atoms in total. The maximum Gasteiger partial charge on any atom is 0.118 e. The van der Waals surface area contributed by atoms with E-state index in [1.165, 1.54) is 43.2 Å². The number of methoxy groups -OCH3 is 1. The highest BCUT2D eigenvalue weighted by Crippen LogP contribution is 2.28. The number of rotatable bonds is 7. The molecule has 0 radical (unpaired) electrons. The van der Waals surface area contributed by atoms with Gasteiger partial charge in [0, 0.05) is 12.6 Å². The molecule has 1 saturated carbocycles. The molecule has 0 amide bonds. The van der Waals surface area contributed by atoms with Gasteiger partial charge in [0.15, 0.2) is 0 Å². The van der Waals surface area contributed by atoms with Crippen molar-refractivity contribution < 1.29 is 4.74 Å². The van der Waals surface area contributed by atoms with Crippen molar-refractivity contribution in [3.8, 4) is 5.75 Å². The largest absolute Gasteiger partial charge is 0.497 e. The van der Waals surface area contributed by atoms with Crippen LogP contribution in [-0.2, 0) is 6.42 Å². The molecule has 1 fully saturated rings. The van der Waals surface area contributed by atoms with Crippen molar-refractivity contribution in [3.05, 3.63) is 65.7 Å². The van der Waals surface area contributed by atoms with Crippen LogP contribution in [0.5, 0.6) is 5.75 Å². The molecule has 0 aromatic heterocycles. The number of benzene rings is 2. The van der Waals surface area contributed by atoms with Crippen LogP contribution in [0.25, 0.3) is 0 Å². The predicted octanol–water partition coefficient (Wildman–Crippen LogP) is 5.19. The van der Waals surface area contributed by atoms with Crippen molar-refractivity contribution in [2.75, 3.05) is 13.7 Å². The first-order chi connectivity index (χ1) is 12.2. The topological polar surface area (TPSA) is 21.3 Å². The van der Waals surface area contributed by atoms with E-state index in [0.29, 0.717) is 12.0 Å². The van der Waals surface area contributed by atoms with E-state index in [4.69, 9.17) is 4.74 Å². The second kappa shape index (κ2) is 9.05. The molecule has 1 N–H and O–H groups in total. The molecule has 3 rings (SSSR count). The first kappa shape index (κ1) is 18.0. The quantitative estimate of drug-likeness (QED) is 0.751. The molecule has 0 heterocycles. The molecular weight excluding hydrogens is 306 g/mol. The maximum atomic E-state index is 5.24. The van der Waals surface area contributed by atoms with Crippen molar-refractivity contribution in [3.63, 3.8) is 0 Å². The lowest BCUT2D eigenvalue weighted by atomic mass is 9.82. The van der Waals surface area contributed by atoms with Gasteiger partial charge in [-0.05, 0) is 67.2 Å². The highest BCUT2D eigenvalue weighted by Gasteiger charge is 2.21. The Morgan fingerprint density at radius 3 is 2.28 bits per heavy atom. The van der Waals surface area contributed by atoms with Crippen LogP contribution in [0, 0.1) is 5.92 Å². The second-order valence-electron chi connectivity index (χ2n) is 7.49. The minimum atomic E-state index is 0.582. The van der Waals surface area contributed by atoms with Gasteiger partial charge in [-0.2, -0.15) is 0 Å². The summed E-state index contributed by atoms with van der Waals surface area (Å²) in [6.07, 6.45) is 6.49. The van der Waals surface area contributed by atoms with Crippen LogP contribution in [0.4, 0.5) is 0 Å². The summed E-state index contributed by atoms with van der Waals surface area (Å²) < 4.78 is 5.24. The Labute approximate surface area is 152 Å². The van der Waals surface area contributed by atoms with Gasteiger partial charge >= 0.3 is 0 Å². The molecule has 1 atom stereocenters. The van der Waals surface area contributed by atoms with Gasteiger partial charge in [0.2, 0.25) is 0 Å².